The van der Waals surface area contributed by atoms with Crippen molar-refractivity contribution in [1.82, 2.24) is 10.2 Å². The lowest BCUT2D eigenvalue weighted by Gasteiger charge is -2.28. The van der Waals surface area contributed by atoms with E-state index in [9.17, 15) is 9.59 Å². The van der Waals surface area contributed by atoms with Gasteiger partial charge in [0, 0.05) is 18.6 Å². The number of nitrogens with one attached hydrogen (secondary N) is 1. The molecule has 0 aromatic heterocycles. The van der Waals surface area contributed by atoms with Gasteiger partial charge in [0.05, 0.1) is 0 Å². The molecule has 0 saturated heterocycles. The van der Waals surface area contributed by atoms with Gasteiger partial charge in [-0.05, 0) is 62.1 Å². The molecule has 0 bridgehead atoms. The fraction of sp³-hybridized carbons (Fsp3) is 0.364. The summed E-state index contributed by atoms with van der Waals surface area (Å²) in [7, 11) is 1.55. The van der Waals surface area contributed by atoms with Crippen LogP contribution >= 0.6 is 11.6 Å². The fourth-order valence-electron chi connectivity index (χ4n) is 2.97. The van der Waals surface area contributed by atoms with E-state index in [-0.39, 0.29) is 25.0 Å². The van der Waals surface area contributed by atoms with E-state index >= 15 is 0 Å². The van der Waals surface area contributed by atoms with Crippen molar-refractivity contribution < 1.29 is 14.3 Å². The number of carbonyl (C=O) groups excluding carboxylic acids is 2. The third-order valence-electron chi connectivity index (χ3n) is 4.83. The Morgan fingerprint density at radius 3 is 2.50 bits per heavy atom. The van der Waals surface area contributed by atoms with Crippen LogP contribution in [0.2, 0.25) is 5.02 Å². The van der Waals surface area contributed by atoms with E-state index in [0.29, 0.717) is 10.8 Å². The molecule has 0 aliphatic heterocycles. The minimum Gasteiger partial charge on any atom is -0.483 e. The molecular weight excluding hydrogens is 376 g/mol. The number of carbonyl (C=O) groups is 2. The van der Waals surface area contributed by atoms with Gasteiger partial charge in [-0.15, -0.1) is 0 Å². The minimum absolute atomic E-state index is 0.157. The van der Waals surface area contributed by atoms with Crippen LogP contribution in [0.3, 0.4) is 0 Å². The van der Waals surface area contributed by atoms with Crippen LogP contribution in [-0.4, -0.2) is 36.4 Å². The first-order chi connectivity index (χ1) is 13.2. The molecule has 0 fully saturated rings. The Bertz CT molecular complexity index is 867. The number of ether oxygens (including phenoxy) is 1. The van der Waals surface area contributed by atoms with Crippen LogP contribution in [0.5, 0.6) is 5.75 Å². The standard InChI is InChI=1S/C22H27ClN2O3/c1-14-10-15(2)16(3)20(11-14)28-13-21(26)25(17(4)22(27)24-5)12-18-8-6-7-9-19(18)23/h6-11,17H,12-13H2,1-5H3,(H,24,27)/t17-/m1/s1. The third kappa shape index (κ3) is 5.26. The molecular formula is C22H27ClN2O3. The maximum absolute atomic E-state index is 13.0. The van der Waals surface area contributed by atoms with Gasteiger partial charge in [0.25, 0.3) is 5.91 Å². The van der Waals surface area contributed by atoms with Crippen LogP contribution in [0.4, 0.5) is 0 Å². The van der Waals surface area contributed by atoms with Crippen molar-refractivity contribution in [2.24, 2.45) is 0 Å². The van der Waals surface area contributed by atoms with Crippen molar-refractivity contribution in [1.29, 1.82) is 0 Å². The Labute approximate surface area is 171 Å². The Morgan fingerprint density at radius 2 is 1.86 bits per heavy atom. The van der Waals surface area contributed by atoms with Crippen molar-refractivity contribution in [2.45, 2.75) is 40.3 Å². The Morgan fingerprint density at radius 1 is 1.18 bits per heavy atom. The lowest BCUT2D eigenvalue weighted by molar-refractivity contribution is -0.142. The number of amides is 2. The maximum atomic E-state index is 13.0. The monoisotopic (exact) mass is 402 g/mol. The van der Waals surface area contributed by atoms with Crippen LogP contribution < -0.4 is 10.1 Å². The van der Waals surface area contributed by atoms with Gasteiger partial charge in [0.2, 0.25) is 5.91 Å². The molecule has 150 valence electrons. The molecule has 0 aliphatic rings. The van der Waals surface area contributed by atoms with Gasteiger partial charge < -0.3 is 15.0 Å². The van der Waals surface area contributed by atoms with Crippen molar-refractivity contribution in [3.63, 3.8) is 0 Å². The first kappa shape index (κ1) is 21.8. The second kappa shape index (κ2) is 9.60. The van der Waals surface area contributed by atoms with Gasteiger partial charge in [-0.3, -0.25) is 9.59 Å². The topological polar surface area (TPSA) is 58.6 Å². The van der Waals surface area contributed by atoms with E-state index in [1.807, 2.05) is 45.0 Å². The van der Waals surface area contributed by atoms with Gasteiger partial charge in [-0.1, -0.05) is 35.9 Å². The van der Waals surface area contributed by atoms with Crippen LogP contribution in [0, 0.1) is 20.8 Å². The Balaban J connectivity index is 2.21. The summed E-state index contributed by atoms with van der Waals surface area (Å²) in [6.07, 6.45) is 0. The maximum Gasteiger partial charge on any atom is 0.261 e. The number of aryl methyl sites for hydroxylation is 2. The molecule has 5 nitrogen and oxygen atoms in total. The summed E-state index contributed by atoms with van der Waals surface area (Å²) in [5.74, 6) is 0.147. The summed E-state index contributed by atoms with van der Waals surface area (Å²) in [4.78, 5) is 26.6. The minimum atomic E-state index is -0.655. The Kier molecular flexibility index (Phi) is 7.46. The van der Waals surface area contributed by atoms with E-state index < -0.39 is 6.04 Å². The molecule has 1 N–H and O–H groups in total. The molecule has 28 heavy (non-hydrogen) atoms. The number of halogens is 1. The van der Waals surface area contributed by atoms with Crippen LogP contribution in [0.15, 0.2) is 36.4 Å². The lowest BCUT2D eigenvalue weighted by Crippen LogP contribution is -2.48. The molecule has 0 heterocycles. The highest BCUT2D eigenvalue weighted by Crippen LogP contribution is 2.24. The molecule has 2 amide bonds. The highest BCUT2D eigenvalue weighted by Gasteiger charge is 2.26. The molecule has 0 radical (unpaired) electrons. The number of benzene rings is 2. The van der Waals surface area contributed by atoms with Crippen LogP contribution in [0.1, 0.15) is 29.2 Å². The van der Waals surface area contributed by atoms with E-state index in [1.165, 1.54) is 4.90 Å². The first-order valence-corrected chi connectivity index (χ1v) is 9.57. The van der Waals surface area contributed by atoms with Gasteiger partial charge in [0.1, 0.15) is 11.8 Å². The average Bonchev–Trinajstić information content (AvgIpc) is 2.67. The molecule has 0 saturated carbocycles. The number of hydrogen-bond donors (Lipinski definition) is 1. The van der Waals surface area contributed by atoms with E-state index in [4.69, 9.17) is 16.3 Å². The van der Waals surface area contributed by atoms with Gasteiger partial charge >= 0.3 is 0 Å². The largest absolute Gasteiger partial charge is 0.483 e. The fourth-order valence-corrected chi connectivity index (χ4v) is 3.17. The van der Waals surface area contributed by atoms with E-state index in [0.717, 1.165) is 22.3 Å². The summed E-state index contributed by atoms with van der Waals surface area (Å²) < 4.78 is 5.82. The molecule has 0 aliphatic carbocycles. The number of rotatable bonds is 7. The predicted octanol–water partition coefficient (Wildman–Crippen LogP) is 3.81. The molecule has 2 aromatic carbocycles. The highest BCUT2D eigenvalue weighted by molar-refractivity contribution is 6.31. The Hall–Kier alpha value is -2.53. The summed E-state index contributed by atoms with van der Waals surface area (Å²) in [6, 6.07) is 10.6. The van der Waals surface area contributed by atoms with Gasteiger partial charge in [0.15, 0.2) is 6.61 Å². The highest BCUT2D eigenvalue weighted by atomic mass is 35.5. The zero-order valence-electron chi connectivity index (χ0n) is 17.0. The van der Waals surface area contributed by atoms with Crippen LogP contribution in [0.25, 0.3) is 0 Å². The first-order valence-electron chi connectivity index (χ1n) is 9.19. The summed E-state index contributed by atoms with van der Waals surface area (Å²) in [5, 5.41) is 3.14. The summed E-state index contributed by atoms with van der Waals surface area (Å²) in [6.45, 7) is 7.71. The molecule has 0 unspecified atom stereocenters. The normalized spacial score (nSPS) is 11.6. The summed E-state index contributed by atoms with van der Waals surface area (Å²) >= 11 is 6.25. The lowest BCUT2D eigenvalue weighted by atomic mass is 10.1. The smallest absolute Gasteiger partial charge is 0.261 e. The molecule has 2 rings (SSSR count). The molecule has 1 atom stereocenters. The number of likely N-dealkylation sites (N-methyl/N-ethyl adjacent to an activating group) is 1. The van der Waals surface area contributed by atoms with Crippen molar-refractivity contribution >= 4 is 23.4 Å². The molecule has 6 heteroatoms. The zero-order valence-corrected chi connectivity index (χ0v) is 17.8. The predicted molar refractivity (Wildman–Crippen MR) is 112 cm³/mol. The van der Waals surface area contributed by atoms with Gasteiger partial charge in [-0.2, -0.15) is 0 Å². The number of nitrogens with zero attached hydrogens (tertiary/aromatic N) is 1. The second-order valence-electron chi connectivity index (χ2n) is 6.90. The average molecular weight is 403 g/mol. The van der Waals surface area contributed by atoms with Crippen molar-refractivity contribution in [3.05, 3.63) is 63.7 Å². The van der Waals surface area contributed by atoms with E-state index in [2.05, 4.69) is 11.4 Å². The quantitative estimate of drug-likeness (QED) is 0.766. The van der Waals surface area contributed by atoms with Gasteiger partial charge in [-0.25, -0.2) is 0 Å². The van der Waals surface area contributed by atoms with Crippen molar-refractivity contribution in [2.75, 3.05) is 13.7 Å². The third-order valence-corrected chi connectivity index (χ3v) is 5.20. The van der Waals surface area contributed by atoms with E-state index in [1.54, 1.807) is 20.0 Å². The molecule has 0 spiro atoms. The summed E-state index contributed by atoms with van der Waals surface area (Å²) in [5.41, 5.74) is 3.94. The zero-order chi connectivity index (χ0) is 20.8. The van der Waals surface area contributed by atoms with Crippen molar-refractivity contribution in [3.8, 4) is 5.75 Å². The second-order valence-corrected chi connectivity index (χ2v) is 7.30. The SMILES string of the molecule is CNC(=O)[C@@H](C)N(Cc1ccccc1Cl)C(=O)COc1cc(C)cc(C)c1C. The number of hydrogen-bond acceptors (Lipinski definition) is 3. The molecule has 2 aromatic rings. The van der Waals surface area contributed by atoms with Crippen LogP contribution in [-0.2, 0) is 16.1 Å².